The van der Waals surface area contributed by atoms with Crippen molar-refractivity contribution >= 4 is 12.4 Å². The van der Waals surface area contributed by atoms with Crippen molar-refractivity contribution in [2.24, 2.45) is 9.98 Å². The van der Waals surface area contributed by atoms with Crippen LogP contribution in [-0.2, 0) is 0 Å². The molecule has 2 heteroatoms. The molecule has 0 aromatic heterocycles. The minimum absolute atomic E-state index is 0.944. The minimum atomic E-state index is 0.944. The number of rotatable bonds is 0. The molecule has 0 fully saturated rings. The fourth-order valence-electron chi connectivity index (χ4n) is 0.497. The molecule has 1 aliphatic heterocycles. The first kappa shape index (κ1) is 4.50. The second-order valence-electron chi connectivity index (χ2n) is 1.46. The summed E-state index contributed by atoms with van der Waals surface area (Å²) in [6.45, 7) is 1.89. The molecule has 0 saturated heterocycles. The first-order valence-corrected chi connectivity index (χ1v) is 2.48. The summed E-state index contributed by atoms with van der Waals surface area (Å²) in [5.41, 5.74) is 0. The highest BCUT2D eigenvalue weighted by molar-refractivity contribution is 6.16. The lowest BCUT2D eigenvalue weighted by Crippen LogP contribution is -1.80. The highest BCUT2D eigenvalue weighted by atomic mass is 14.8. The van der Waals surface area contributed by atoms with Gasteiger partial charge in [-0.1, -0.05) is 0 Å². The molecule has 0 atom stereocenters. The van der Waals surface area contributed by atoms with E-state index in [1.54, 1.807) is 12.4 Å². The Morgan fingerprint density at radius 2 is 1.57 bits per heavy atom. The monoisotopic (exact) mass is 96.1 g/mol. The van der Waals surface area contributed by atoms with Crippen molar-refractivity contribution in [2.75, 3.05) is 13.1 Å². The van der Waals surface area contributed by atoms with E-state index in [4.69, 9.17) is 0 Å². The van der Waals surface area contributed by atoms with Crippen LogP contribution in [0.1, 0.15) is 6.42 Å². The zero-order valence-corrected chi connectivity index (χ0v) is 4.17. The zero-order valence-electron chi connectivity index (χ0n) is 4.17. The van der Waals surface area contributed by atoms with Gasteiger partial charge in [-0.2, -0.15) is 0 Å². The smallest absolute Gasteiger partial charge is 0.0407 e. The minimum Gasteiger partial charge on any atom is -0.292 e. The van der Waals surface area contributed by atoms with E-state index in [1.165, 1.54) is 0 Å². The third kappa shape index (κ3) is 1.48. The van der Waals surface area contributed by atoms with Gasteiger partial charge in [0.25, 0.3) is 0 Å². The van der Waals surface area contributed by atoms with Crippen molar-refractivity contribution in [1.29, 1.82) is 0 Å². The van der Waals surface area contributed by atoms with Crippen LogP contribution in [0, 0.1) is 0 Å². The van der Waals surface area contributed by atoms with Gasteiger partial charge in [0.2, 0.25) is 0 Å². The van der Waals surface area contributed by atoms with Gasteiger partial charge in [-0.3, -0.25) is 9.98 Å². The largest absolute Gasteiger partial charge is 0.292 e. The van der Waals surface area contributed by atoms with Crippen LogP contribution in [0.2, 0.25) is 0 Å². The van der Waals surface area contributed by atoms with Crippen LogP contribution in [0.25, 0.3) is 0 Å². The van der Waals surface area contributed by atoms with Crippen LogP contribution in [-0.4, -0.2) is 25.5 Å². The van der Waals surface area contributed by atoms with Crippen LogP contribution in [0.4, 0.5) is 0 Å². The summed E-state index contributed by atoms with van der Waals surface area (Å²) >= 11 is 0. The van der Waals surface area contributed by atoms with E-state index in [-0.39, 0.29) is 0 Å². The van der Waals surface area contributed by atoms with E-state index in [2.05, 4.69) is 9.98 Å². The van der Waals surface area contributed by atoms with Crippen LogP contribution in [0.15, 0.2) is 9.98 Å². The molecule has 0 radical (unpaired) electrons. The van der Waals surface area contributed by atoms with E-state index in [9.17, 15) is 0 Å². The third-order valence-corrected chi connectivity index (χ3v) is 0.852. The maximum Gasteiger partial charge on any atom is 0.0407 e. The highest BCUT2D eigenvalue weighted by Crippen LogP contribution is 1.83. The SMILES string of the molecule is C1=NCCCN=C1. The number of nitrogens with zero attached hydrogens (tertiary/aromatic N) is 2. The Hall–Kier alpha value is -0.660. The van der Waals surface area contributed by atoms with Gasteiger partial charge in [-0.25, -0.2) is 0 Å². The van der Waals surface area contributed by atoms with Crippen LogP contribution >= 0.6 is 0 Å². The predicted octanol–water partition coefficient (Wildman–Crippen LogP) is 0.532. The van der Waals surface area contributed by atoms with Crippen molar-refractivity contribution < 1.29 is 0 Å². The van der Waals surface area contributed by atoms with Crippen LogP contribution in [0.3, 0.4) is 0 Å². The molecule has 0 saturated carbocycles. The first-order valence-electron chi connectivity index (χ1n) is 2.48. The summed E-state index contributed by atoms with van der Waals surface area (Å²) < 4.78 is 0. The number of aliphatic imine (C=N–C) groups is 2. The molecule has 0 unspecified atom stereocenters. The molecule has 0 aromatic rings. The van der Waals surface area contributed by atoms with E-state index in [0.29, 0.717) is 0 Å². The third-order valence-electron chi connectivity index (χ3n) is 0.852. The van der Waals surface area contributed by atoms with Crippen molar-refractivity contribution in [3.63, 3.8) is 0 Å². The normalized spacial score (nSPS) is 19.4. The van der Waals surface area contributed by atoms with Gasteiger partial charge in [0.15, 0.2) is 0 Å². The Bertz CT molecular complexity index is 82.3. The molecule has 1 rings (SSSR count). The van der Waals surface area contributed by atoms with Crippen molar-refractivity contribution in [3.05, 3.63) is 0 Å². The topological polar surface area (TPSA) is 24.7 Å². The fraction of sp³-hybridized carbons (Fsp3) is 0.600. The summed E-state index contributed by atoms with van der Waals surface area (Å²) in [6, 6.07) is 0. The quantitative estimate of drug-likeness (QED) is 0.420. The van der Waals surface area contributed by atoms with E-state index in [0.717, 1.165) is 19.5 Å². The summed E-state index contributed by atoms with van der Waals surface area (Å²) in [4.78, 5) is 7.99. The molecular formula is C5H8N2. The van der Waals surface area contributed by atoms with Crippen LogP contribution in [0.5, 0.6) is 0 Å². The van der Waals surface area contributed by atoms with Crippen molar-refractivity contribution in [2.45, 2.75) is 6.42 Å². The average molecular weight is 96.1 g/mol. The standard InChI is InChI=1S/C5H8N2/c1-2-6-4-5-7-3-1/h4-5H,1-3H2. The van der Waals surface area contributed by atoms with Gasteiger partial charge in [0, 0.05) is 25.5 Å². The molecule has 0 aromatic carbocycles. The number of hydrogen-bond donors (Lipinski definition) is 0. The van der Waals surface area contributed by atoms with E-state index < -0.39 is 0 Å². The molecule has 0 aliphatic carbocycles. The van der Waals surface area contributed by atoms with Crippen LogP contribution < -0.4 is 0 Å². The lowest BCUT2D eigenvalue weighted by atomic mass is 10.4. The van der Waals surface area contributed by atoms with Crippen molar-refractivity contribution in [1.82, 2.24) is 0 Å². The molecule has 38 valence electrons. The molecule has 1 heterocycles. The maximum atomic E-state index is 4.00. The molecule has 0 bridgehead atoms. The van der Waals surface area contributed by atoms with Crippen molar-refractivity contribution in [3.8, 4) is 0 Å². The molecular weight excluding hydrogens is 88.1 g/mol. The Kier molecular flexibility index (Phi) is 1.61. The average Bonchev–Trinajstić information content (AvgIpc) is 1.90. The van der Waals surface area contributed by atoms with E-state index in [1.807, 2.05) is 0 Å². The second-order valence-corrected chi connectivity index (χ2v) is 1.46. The van der Waals surface area contributed by atoms with Gasteiger partial charge < -0.3 is 0 Å². The molecule has 0 N–H and O–H groups in total. The Morgan fingerprint density at radius 1 is 1.00 bits per heavy atom. The summed E-state index contributed by atoms with van der Waals surface area (Å²) in [5.74, 6) is 0. The first-order chi connectivity index (χ1) is 3.50. The fourth-order valence-corrected chi connectivity index (χ4v) is 0.497. The van der Waals surface area contributed by atoms with Gasteiger partial charge in [0.1, 0.15) is 0 Å². The Morgan fingerprint density at radius 3 is 2.14 bits per heavy atom. The number of hydrogen-bond acceptors (Lipinski definition) is 2. The molecule has 0 spiro atoms. The van der Waals surface area contributed by atoms with Gasteiger partial charge in [-0.05, 0) is 6.42 Å². The predicted molar refractivity (Wildman–Crippen MR) is 31.3 cm³/mol. The Labute approximate surface area is 43.0 Å². The highest BCUT2D eigenvalue weighted by Gasteiger charge is 1.82. The molecule has 2 nitrogen and oxygen atoms in total. The molecule has 1 aliphatic rings. The van der Waals surface area contributed by atoms with E-state index >= 15 is 0 Å². The van der Waals surface area contributed by atoms with Gasteiger partial charge in [-0.15, -0.1) is 0 Å². The zero-order chi connectivity index (χ0) is 4.95. The lowest BCUT2D eigenvalue weighted by Gasteiger charge is -1.81. The Balaban J connectivity index is 2.39. The summed E-state index contributed by atoms with van der Waals surface area (Å²) in [6.07, 6.45) is 4.62. The van der Waals surface area contributed by atoms with Gasteiger partial charge >= 0.3 is 0 Å². The summed E-state index contributed by atoms with van der Waals surface area (Å²) in [5, 5.41) is 0. The molecule has 7 heavy (non-hydrogen) atoms. The maximum absolute atomic E-state index is 4.00. The second kappa shape index (κ2) is 2.50. The van der Waals surface area contributed by atoms with Gasteiger partial charge in [0.05, 0.1) is 0 Å². The lowest BCUT2D eigenvalue weighted by molar-refractivity contribution is 0.859. The summed E-state index contributed by atoms with van der Waals surface area (Å²) in [7, 11) is 0. The molecule has 0 amide bonds.